The SMILES string of the molecule is COc1c(CN2CCC(Nc3ncnc4sc(CC(F)(F)F)cc34)CC2)ccc2c1C=C(C)C2. The summed E-state index contributed by atoms with van der Waals surface area (Å²) >= 11 is 1.08. The van der Waals surface area contributed by atoms with E-state index in [-0.39, 0.29) is 10.9 Å². The third kappa shape index (κ3) is 4.90. The van der Waals surface area contributed by atoms with Crippen molar-refractivity contribution in [2.75, 3.05) is 25.5 Å². The molecule has 1 aliphatic heterocycles. The zero-order chi connectivity index (χ0) is 23.9. The monoisotopic (exact) mass is 488 g/mol. The molecule has 0 unspecified atom stereocenters. The van der Waals surface area contributed by atoms with Crippen LogP contribution < -0.4 is 10.1 Å². The molecular formula is C25H27F3N4OS. The van der Waals surface area contributed by atoms with Crippen LogP contribution in [0.3, 0.4) is 0 Å². The number of benzene rings is 1. The molecule has 3 heterocycles. The van der Waals surface area contributed by atoms with Crippen molar-refractivity contribution in [2.24, 2.45) is 0 Å². The normalized spacial score (nSPS) is 17.1. The molecule has 9 heteroatoms. The second kappa shape index (κ2) is 9.19. The lowest BCUT2D eigenvalue weighted by molar-refractivity contribution is -0.126. The molecule has 0 bridgehead atoms. The number of hydrogen-bond acceptors (Lipinski definition) is 6. The van der Waals surface area contributed by atoms with Gasteiger partial charge in [0.2, 0.25) is 0 Å². The molecule has 1 aliphatic carbocycles. The van der Waals surface area contributed by atoms with Crippen LogP contribution in [0.25, 0.3) is 16.3 Å². The van der Waals surface area contributed by atoms with Gasteiger partial charge in [-0.1, -0.05) is 23.8 Å². The van der Waals surface area contributed by atoms with E-state index < -0.39 is 12.6 Å². The minimum absolute atomic E-state index is 0.216. The summed E-state index contributed by atoms with van der Waals surface area (Å²) in [6.45, 7) is 4.82. The van der Waals surface area contributed by atoms with Gasteiger partial charge in [-0.25, -0.2) is 9.97 Å². The van der Waals surface area contributed by atoms with Crippen molar-refractivity contribution in [1.29, 1.82) is 0 Å². The standard InChI is InChI=1S/C25H27F3N4OS/c1-15-9-16-3-4-17(22(33-2)20(16)10-15)13-32-7-5-18(6-8-32)31-23-21-11-19(12-25(26,27)28)34-24(21)30-14-29-23/h3-4,10-11,14,18H,5-9,12-13H2,1-2H3,(H,29,30,31). The van der Waals surface area contributed by atoms with E-state index in [1.807, 2.05) is 0 Å². The lowest BCUT2D eigenvalue weighted by Crippen LogP contribution is -2.38. The number of nitrogens with zero attached hydrogens (tertiary/aromatic N) is 3. The number of halogens is 3. The number of nitrogens with one attached hydrogen (secondary N) is 1. The average molecular weight is 489 g/mol. The topological polar surface area (TPSA) is 50.3 Å². The first-order valence-electron chi connectivity index (χ1n) is 11.4. The summed E-state index contributed by atoms with van der Waals surface area (Å²) < 4.78 is 44.2. The van der Waals surface area contributed by atoms with E-state index >= 15 is 0 Å². The van der Waals surface area contributed by atoms with Crippen LogP contribution in [0.15, 0.2) is 30.1 Å². The van der Waals surface area contributed by atoms with E-state index in [4.69, 9.17) is 4.74 Å². The van der Waals surface area contributed by atoms with Crippen molar-refractivity contribution in [2.45, 2.75) is 51.4 Å². The molecule has 2 aromatic heterocycles. The Balaban J connectivity index is 1.23. The van der Waals surface area contributed by atoms with Gasteiger partial charge in [-0.3, -0.25) is 4.90 Å². The van der Waals surface area contributed by atoms with Crippen molar-refractivity contribution in [3.8, 4) is 5.75 Å². The Hall–Kier alpha value is -2.65. The molecule has 1 aromatic carbocycles. The lowest BCUT2D eigenvalue weighted by atomic mass is 10.0. The molecule has 0 saturated carbocycles. The largest absolute Gasteiger partial charge is 0.496 e. The quantitative estimate of drug-likeness (QED) is 0.472. The lowest BCUT2D eigenvalue weighted by Gasteiger charge is -2.33. The molecule has 1 N–H and O–H groups in total. The first-order valence-corrected chi connectivity index (χ1v) is 12.3. The fourth-order valence-corrected chi connectivity index (χ4v) is 5.96. The number of anilines is 1. The van der Waals surface area contributed by atoms with Crippen LogP contribution in [0.4, 0.5) is 19.0 Å². The van der Waals surface area contributed by atoms with Crippen LogP contribution in [0, 0.1) is 0 Å². The highest BCUT2D eigenvalue weighted by Crippen LogP contribution is 2.36. The minimum atomic E-state index is -4.23. The third-order valence-corrected chi connectivity index (χ3v) is 7.55. The van der Waals surface area contributed by atoms with Gasteiger partial charge in [0.05, 0.1) is 18.9 Å². The van der Waals surface area contributed by atoms with E-state index in [1.54, 1.807) is 13.2 Å². The van der Waals surface area contributed by atoms with E-state index in [2.05, 4.69) is 45.3 Å². The first-order chi connectivity index (χ1) is 16.3. The average Bonchev–Trinajstić information content (AvgIpc) is 3.36. The number of likely N-dealkylation sites (tertiary alicyclic amines) is 1. The van der Waals surface area contributed by atoms with Crippen LogP contribution in [-0.2, 0) is 19.4 Å². The molecule has 5 nitrogen and oxygen atoms in total. The Bertz CT molecular complexity index is 1230. The Labute approximate surface area is 200 Å². The Morgan fingerprint density at radius 2 is 2.00 bits per heavy atom. The number of rotatable bonds is 6. The summed E-state index contributed by atoms with van der Waals surface area (Å²) in [6, 6.07) is 6.18. The summed E-state index contributed by atoms with van der Waals surface area (Å²) in [6.07, 6.45) is 1.32. The van der Waals surface area contributed by atoms with Crippen molar-refractivity contribution in [3.63, 3.8) is 0 Å². The van der Waals surface area contributed by atoms with E-state index in [1.165, 1.54) is 28.6 Å². The Kier molecular flexibility index (Phi) is 6.24. The van der Waals surface area contributed by atoms with Gasteiger partial charge in [0.15, 0.2) is 0 Å². The number of allylic oxidation sites excluding steroid dienone is 1. The molecule has 0 amide bonds. The number of aromatic nitrogens is 2. The van der Waals surface area contributed by atoms with Gasteiger partial charge in [0.25, 0.3) is 0 Å². The van der Waals surface area contributed by atoms with E-state index in [0.29, 0.717) is 16.0 Å². The first kappa shape index (κ1) is 23.1. The molecule has 0 atom stereocenters. The van der Waals surface area contributed by atoms with E-state index in [0.717, 1.165) is 56.0 Å². The zero-order valence-corrected chi connectivity index (χ0v) is 20.0. The Morgan fingerprint density at radius 3 is 2.74 bits per heavy atom. The van der Waals surface area contributed by atoms with E-state index in [9.17, 15) is 13.2 Å². The van der Waals surface area contributed by atoms with Crippen LogP contribution in [-0.4, -0.2) is 47.3 Å². The summed E-state index contributed by atoms with van der Waals surface area (Å²) in [7, 11) is 1.74. The van der Waals surface area contributed by atoms with Crippen LogP contribution in [0.5, 0.6) is 5.75 Å². The molecule has 2 aliphatic rings. The zero-order valence-electron chi connectivity index (χ0n) is 19.2. The fourth-order valence-electron chi connectivity index (χ4n) is 4.94. The highest BCUT2D eigenvalue weighted by Gasteiger charge is 2.29. The molecule has 0 radical (unpaired) electrons. The number of fused-ring (bicyclic) bond motifs is 2. The smallest absolute Gasteiger partial charge is 0.393 e. The number of hydrogen-bond donors (Lipinski definition) is 1. The number of alkyl halides is 3. The van der Waals surface area contributed by atoms with Gasteiger partial charge in [-0.05, 0) is 37.8 Å². The summed E-state index contributed by atoms with van der Waals surface area (Å²) in [5, 5.41) is 4.13. The maximum absolute atomic E-state index is 12.8. The van der Waals surface area contributed by atoms with Crippen LogP contribution in [0.1, 0.15) is 41.3 Å². The van der Waals surface area contributed by atoms with Gasteiger partial charge in [0, 0.05) is 41.7 Å². The summed E-state index contributed by atoms with van der Waals surface area (Å²) in [5.41, 5.74) is 5.09. The maximum atomic E-state index is 12.8. The number of thiophene rings is 1. The highest BCUT2D eigenvalue weighted by atomic mass is 32.1. The van der Waals surface area contributed by atoms with Crippen molar-refractivity contribution in [1.82, 2.24) is 14.9 Å². The molecule has 1 saturated heterocycles. The molecule has 180 valence electrons. The number of methoxy groups -OCH3 is 1. The molecular weight excluding hydrogens is 461 g/mol. The third-order valence-electron chi connectivity index (χ3n) is 6.51. The van der Waals surface area contributed by atoms with Crippen molar-refractivity contribution >= 4 is 33.4 Å². The molecule has 34 heavy (non-hydrogen) atoms. The predicted molar refractivity (Wildman–Crippen MR) is 129 cm³/mol. The van der Waals surface area contributed by atoms with Gasteiger partial charge >= 0.3 is 6.18 Å². The number of ether oxygens (including phenoxy) is 1. The van der Waals surface area contributed by atoms with Crippen LogP contribution >= 0.6 is 11.3 Å². The minimum Gasteiger partial charge on any atom is -0.496 e. The molecule has 1 fully saturated rings. The second-order valence-corrected chi connectivity index (χ2v) is 10.3. The van der Waals surface area contributed by atoms with Crippen molar-refractivity contribution < 1.29 is 17.9 Å². The Morgan fingerprint density at radius 1 is 1.21 bits per heavy atom. The number of piperidine rings is 1. The fraction of sp³-hybridized carbons (Fsp3) is 0.440. The van der Waals surface area contributed by atoms with Gasteiger partial charge < -0.3 is 10.1 Å². The highest BCUT2D eigenvalue weighted by molar-refractivity contribution is 7.18. The molecule has 5 rings (SSSR count). The van der Waals surface area contributed by atoms with Gasteiger partial charge in [0.1, 0.15) is 22.7 Å². The summed E-state index contributed by atoms with van der Waals surface area (Å²) in [5.74, 6) is 1.60. The van der Waals surface area contributed by atoms with Gasteiger partial charge in [-0.15, -0.1) is 11.3 Å². The second-order valence-electron chi connectivity index (χ2n) is 9.14. The van der Waals surface area contributed by atoms with Crippen molar-refractivity contribution in [3.05, 3.63) is 51.7 Å². The van der Waals surface area contributed by atoms with Gasteiger partial charge in [-0.2, -0.15) is 13.2 Å². The van der Waals surface area contributed by atoms with Crippen LogP contribution in [0.2, 0.25) is 0 Å². The molecule has 0 spiro atoms. The maximum Gasteiger partial charge on any atom is 0.393 e. The molecule has 3 aromatic rings. The summed E-state index contributed by atoms with van der Waals surface area (Å²) in [4.78, 5) is 11.8. The predicted octanol–water partition coefficient (Wildman–Crippen LogP) is 5.84.